The first-order valence-electron chi connectivity index (χ1n) is 18.4. The van der Waals surface area contributed by atoms with Crippen LogP contribution in [-0.4, -0.2) is 93.9 Å². The van der Waals surface area contributed by atoms with E-state index in [0.29, 0.717) is 54.1 Å². The molecule has 7 rings (SSSR count). The van der Waals surface area contributed by atoms with E-state index in [4.69, 9.17) is 11.6 Å². The van der Waals surface area contributed by atoms with Crippen molar-refractivity contribution in [2.24, 2.45) is 7.05 Å². The van der Waals surface area contributed by atoms with Crippen molar-refractivity contribution in [1.29, 1.82) is 5.26 Å². The first-order valence-corrected chi connectivity index (χ1v) is 20.2. The van der Waals surface area contributed by atoms with Gasteiger partial charge in [-0.25, -0.2) is 23.2 Å². The molecule has 0 spiro atoms. The van der Waals surface area contributed by atoms with Crippen LogP contribution in [0.3, 0.4) is 0 Å². The molecule has 2 aromatic heterocycles. The van der Waals surface area contributed by atoms with Crippen molar-refractivity contribution < 1.29 is 31.5 Å². The second-order valence-corrected chi connectivity index (χ2v) is 16.4. The normalized spacial score (nSPS) is 18.9. The number of aromatic nitrogens is 4. The van der Waals surface area contributed by atoms with Crippen LogP contribution in [0.2, 0.25) is 5.02 Å². The number of piperidine rings is 3. The highest BCUT2D eigenvalue weighted by atomic mass is 35.5. The molecule has 3 saturated heterocycles. The van der Waals surface area contributed by atoms with E-state index in [9.17, 15) is 36.8 Å². The molecule has 1 atom stereocenters. The van der Waals surface area contributed by atoms with Gasteiger partial charge in [-0.15, -0.1) is 0 Å². The number of imide groups is 1. The quantitative estimate of drug-likeness (QED) is 0.185. The molecule has 4 aromatic rings. The van der Waals surface area contributed by atoms with Gasteiger partial charge >= 0.3 is 12.3 Å². The fourth-order valence-electron chi connectivity index (χ4n) is 7.65. The molecule has 3 aliphatic rings. The zero-order valence-electron chi connectivity index (χ0n) is 30.8. The lowest BCUT2D eigenvalue weighted by molar-refractivity contribution is -0.135. The molecule has 0 bridgehead atoms. The average Bonchev–Trinajstić information content (AvgIpc) is 3.45. The Kier molecular flexibility index (Phi) is 11.6. The monoisotopic (exact) mass is 821 g/mol. The molecule has 57 heavy (non-hydrogen) atoms. The number of likely N-dealkylation sites (tertiary alicyclic amines) is 1. The van der Waals surface area contributed by atoms with Crippen LogP contribution in [0.5, 0.6) is 5.75 Å². The van der Waals surface area contributed by atoms with Gasteiger partial charge in [-0.2, -0.15) is 18.3 Å². The number of nitrogens with one attached hydrogen (secondary N) is 2. The Balaban J connectivity index is 0.963. The number of anilines is 1. The van der Waals surface area contributed by atoms with Crippen molar-refractivity contribution in [3.05, 3.63) is 74.9 Å². The average molecular weight is 822 g/mol. The molecule has 1 unspecified atom stereocenters. The van der Waals surface area contributed by atoms with E-state index in [0.717, 1.165) is 30.8 Å². The number of alkyl halides is 2. The maximum atomic E-state index is 13.6. The minimum atomic E-state index is -3.89. The fourth-order valence-corrected chi connectivity index (χ4v) is 9.59. The lowest BCUT2D eigenvalue weighted by atomic mass is 9.89. The summed E-state index contributed by atoms with van der Waals surface area (Å²) in [5.41, 5.74) is 2.18. The van der Waals surface area contributed by atoms with Crippen LogP contribution >= 0.6 is 11.6 Å². The van der Waals surface area contributed by atoms with Gasteiger partial charge in [0.2, 0.25) is 27.8 Å². The lowest BCUT2D eigenvalue weighted by Crippen LogP contribution is -2.44. The predicted molar refractivity (Wildman–Crippen MR) is 204 cm³/mol. The van der Waals surface area contributed by atoms with Gasteiger partial charge < -0.3 is 10.1 Å². The number of fused-ring (bicyclic) bond motifs is 1. The first kappa shape index (κ1) is 39.8. The fraction of sp³-hybridized carbons (Fsp3) is 0.421. The number of amides is 2. The van der Waals surface area contributed by atoms with E-state index in [1.807, 2.05) is 12.1 Å². The van der Waals surface area contributed by atoms with Gasteiger partial charge in [0.15, 0.2) is 5.75 Å². The van der Waals surface area contributed by atoms with Crippen LogP contribution in [0.15, 0.2) is 52.4 Å². The van der Waals surface area contributed by atoms with Gasteiger partial charge in [0.1, 0.15) is 12.1 Å². The summed E-state index contributed by atoms with van der Waals surface area (Å²) in [6.45, 7) is -0.735. The van der Waals surface area contributed by atoms with Gasteiger partial charge in [0, 0.05) is 38.2 Å². The molecule has 15 nitrogen and oxygen atoms in total. The highest BCUT2D eigenvalue weighted by molar-refractivity contribution is 7.89. The Morgan fingerprint density at radius 2 is 1.74 bits per heavy atom. The van der Waals surface area contributed by atoms with Gasteiger partial charge in [0.25, 0.3) is 0 Å². The summed E-state index contributed by atoms with van der Waals surface area (Å²) in [6.07, 6.45) is 5.09. The standard InChI is InChI=1S/C38H38ClF2N9O6S/c1-47-34-30(50(38(47)53)31-8-9-32(51)46-35(31)52)7-6-29(33(34)39)23-10-15-48(16-11-23)14-2-3-24-19-28(5-4-25(24)20-42)57(54,55)49-17-12-26(13-18-49)45-37-43-21-27(22-44-37)56-36(40)41/h4-7,19,21-23,26,31,36H,8-18H2,1H3,(H,43,44,45)(H,46,51,52). The summed E-state index contributed by atoms with van der Waals surface area (Å²) in [6, 6.07) is 9.19. The summed E-state index contributed by atoms with van der Waals surface area (Å²) in [5, 5.41) is 15.6. The number of hydrogen-bond donors (Lipinski definition) is 2. The topological polar surface area (TPSA) is 185 Å². The van der Waals surface area contributed by atoms with Crippen LogP contribution in [-0.2, 0) is 26.7 Å². The summed E-state index contributed by atoms with van der Waals surface area (Å²) < 4.78 is 60.6. The number of halogens is 3. The zero-order chi connectivity index (χ0) is 40.4. The van der Waals surface area contributed by atoms with Crippen molar-refractivity contribution >= 4 is 50.4 Å². The van der Waals surface area contributed by atoms with Crippen LogP contribution < -0.4 is 21.1 Å². The third-order valence-electron chi connectivity index (χ3n) is 10.7. The molecule has 3 fully saturated rings. The number of sulfonamides is 1. The molecular weight excluding hydrogens is 784 g/mol. The SMILES string of the molecule is Cn1c(=O)n(C2CCC(=O)NC2=O)c2ccc(C3CCN(CC#Cc4cc(S(=O)(=O)N5CCC(Nc6ncc(OC(F)F)cn6)CC5)ccc4C#N)CC3)c(Cl)c21. The summed E-state index contributed by atoms with van der Waals surface area (Å²) >= 11 is 6.96. The highest BCUT2D eigenvalue weighted by Crippen LogP contribution is 2.37. The zero-order valence-corrected chi connectivity index (χ0v) is 32.3. The molecular formula is C38H38ClF2N9O6S. The summed E-state index contributed by atoms with van der Waals surface area (Å²) in [4.78, 5) is 47.8. The Bertz CT molecular complexity index is 2480. The summed E-state index contributed by atoms with van der Waals surface area (Å²) in [7, 11) is -2.27. The van der Waals surface area contributed by atoms with E-state index in [-0.39, 0.29) is 71.6 Å². The highest BCUT2D eigenvalue weighted by Gasteiger charge is 2.33. The molecule has 2 aromatic carbocycles. The molecule has 2 N–H and O–H groups in total. The minimum Gasteiger partial charge on any atom is -0.432 e. The molecule has 0 saturated carbocycles. The number of carbonyl (C=O) groups excluding carboxylic acids is 2. The van der Waals surface area contributed by atoms with Crippen LogP contribution in [0.25, 0.3) is 11.0 Å². The van der Waals surface area contributed by atoms with E-state index in [1.165, 1.54) is 31.6 Å². The molecule has 5 heterocycles. The number of ether oxygens (including phenoxy) is 1. The van der Waals surface area contributed by atoms with E-state index in [2.05, 4.69) is 48.1 Å². The number of carbonyl (C=O) groups is 2. The first-order chi connectivity index (χ1) is 27.3. The van der Waals surface area contributed by atoms with E-state index in [1.54, 1.807) is 7.05 Å². The van der Waals surface area contributed by atoms with Crippen molar-refractivity contribution in [2.75, 3.05) is 38.0 Å². The van der Waals surface area contributed by atoms with Gasteiger partial charge in [-0.3, -0.25) is 28.9 Å². The van der Waals surface area contributed by atoms with E-state index >= 15 is 0 Å². The number of nitrogens with zero attached hydrogens (tertiary/aromatic N) is 7. The molecule has 2 amide bonds. The molecule has 19 heteroatoms. The van der Waals surface area contributed by atoms with Gasteiger partial charge in [-0.1, -0.05) is 29.5 Å². The van der Waals surface area contributed by atoms with Crippen molar-refractivity contribution in [3.8, 4) is 23.7 Å². The number of nitriles is 1. The minimum absolute atomic E-state index is 0.0368. The Morgan fingerprint density at radius 3 is 2.40 bits per heavy atom. The molecule has 3 aliphatic heterocycles. The van der Waals surface area contributed by atoms with Gasteiger partial charge in [0.05, 0.1) is 45.5 Å². The number of rotatable bonds is 9. The third kappa shape index (κ3) is 8.36. The predicted octanol–water partition coefficient (Wildman–Crippen LogP) is 3.73. The Hall–Kier alpha value is -5.40. The maximum Gasteiger partial charge on any atom is 0.387 e. The second-order valence-electron chi connectivity index (χ2n) is 14.1. The van der Waals surface area contributed by atoms with E-state index < -0.39 is 28.6 Å². The van der Waals surface area contributed by atoms with Crippen molar-refractivity contribution in [1.82, 2.24) is 33.6 Å². The van der Waals surface area contributed by atoms with Crippen LogP contribution in [0.1, 0.15) is 67.2 Å². The maximum absolute atomic E-state index is 13.6. The van der Waals surface area contributed by atoms with Crippen LogP contribution in [0, 0.1) is 23.2 Å². The molecule has 0 aliphatic carbocycles. The third-order valence-corrected chi connectivity index (χ3v) is 13.0. The second kappa shape index (κ2) is 16.6. The smallest absolute Gasteiger partial charge is 0.387 e. The van der Waals surface area contributed by atoms with Crippen molar-refractivity contribution in [2.45, 2.75) is 68.0 Å². The van der Waals surface area contributed by atoms with Gasteiger partial charge in [-0.05, 0) is 80.9 Å². The summed E-state index contributed by atoms with van der Waals surface area (Å²) in [5.74, 6) is 5.44. The Labute approximate surface area is 331 Å². The van der Waals surface area contributed by atoms with Crippen LogP contribution in [0.4, 0.5) is 14.7 Å². The number of benzene rings is 2. The molecule has 0 radical (unpaired) electrons. The number of hydrogen-bond acceptors (Lipinski definition) is 11. The molecule has 298 valence electrons. The number of aryl methyl sites for hydroxylation is 1. The number of imidazole rings is 1. The lowest BCUT2D eigenvalue weighted by Gasteiger charge is -2.31. The Morgan fingerprint density at radius 1 is 1.02 bits per heavy atom. The van der Waals surface area contributed by atoms with Crippen molar-refractivity contribution in [3.63, 3.8) is 0 Å². The largest absolute Gasteiger partial charge is 0.432 e.